The topological polar surface area (TPSA) is 89.0 Å². The molecule has 1 aromatic carbocycles. The van der Waals surface area contributed by atoms with Gasteiger partial charge in [0, 0.05) is 7.05 Å². The number of ether oxygens (including phenoxy) is 1. The van der Waals surface area contributed by atoms with Gasteiger partial charge in [0.2, 0.25) is 5.82 Å². The molecule has 1 saturated carbocycles. The van der Waals surface area contributed by atoms with E-state index in [0.29, 0.717) is 6.61 Å². The van der Waals surface area contributed by atoms with E-state index >= 15 is 0 Å². The van der Waals surface area contributed by atoms with E-state index in [0.717, 1.165) is 35.8 Å². The van der Waals surface area contributed by atoms with Crippen molar-refractivity contribution in [2.24, 2.45) is 7.05 Å². The molecule has 1 heterocycles. The van der Waals surface area contributed by atoms with Gasteiger partial charge < -0.3 is 10.1 Å². The summed E-state index contributed by atoms with van der Waals surface area (Å²) >= 11 is 0. The van der Waals surface area contributed by atoms with Crippen LogP contribution in [0.15, 0.2) is 39.9 Å². The van der Waals surface area contributed by atoms with Crippen molar-refractivity contribution in [1.82, 2.24) is 14.8 Å². The summed E-state index contributed by atoms with van der Waals surface area (Å²) < 4.78 is 7.09. The van der Waals surface area contributed by atoms with Crippen molar-refractivity contribution in [2.45, 2.75) is 44.4 Å². The van der Waals surface area contributed by atoms with Crippen LogP contribution in [0.4, 0.5) is 5.82 Å². The normalized spacial score (nSPS) is 20.7. The first kappa shape index (κ1) is 16.4. The van der Waals surface area contributed by atoms with Crippen molar-refractivity contribution in [3.05, 3.63) is 56.7 Å². The molecule has 1 aromatic heterocycles. The molecule has 1 aliphatic carbocycles. The van der Waals surface area contributed by atoms with Gasteiger partial charge in [-0.3, -0.25) is 9.36 Å². The maximum Gasteiger partial charge on any atom is 0.344 e. The Labute approximate surface area is 139 Å². The second-order valence-electron chi connectivity index (χ2n) is 6.11. The van der Waals surface area contributed by atoms with Gasteiger partial charge in [0.1, 0.15) is 0 Å². The third-order valence-electron chi connectivity index (χ3n) is 4.41. The highest BCUT2D eigenvalue weighted by molar-refractivity contribution is 5.31. The van der Waals surface area contributed by atoms with Crippen LogP contribution in [0.25, 0.3) is 0 Å². The Morgan fingerprint density at radius 2 is 2.00 bits per heavy atom. The van der Waals surface area contributed by atoms with E-state index in [2.05, 4.69) is 15.5 Å². The summed E-state index contributed by atoms with van der Waals surface area (Å²) in [5.41, 5.74) is 0.178. The Hall–Kier alpha value is -2.41. The zero-order chi connectivity index (χ0) is 16.9. The smallest absolute Gasteiger partial charge is 0.344 e. The number of hydrogen-bond acceptors (Lipinski definition) is 5. The average molecular weight is 330 g/mol. The van der Waals surface area contributed by atoms with Crippen LogP contribution in [0.5, 0.6) is 0 Å². The molecule has 24 heavy (non-hydrogen) atoms. The molecule has 7 nitrogen and oxygen atoms in total. The molecule has 3 rings (SSSR count). The second kappa shape index (κ2) is 7.44. The molecule has 1 fully saturated rings. The Morgan fingerprint density at radius 1 is 1.25 bits per heavy atom. The zero-order valence-electron chi connectivity index (χ0n) is 13.7. The fourth-order valence-electron chi connectivity index (χ4n) is 2.99. The molecule has 0 unspecified atom stereocenters. The first-order chi connectivity index (χ1) is 11.6. The molecule has 0 aliphatic heterocycles. The minimum Gasteiger partial charge on any atom is -0.371 e. The number of hydrogen-bond donors (Lipinski definition) is 2. The summed E-state index contributed by atoms with van der Waals surface area (Å²) in [6.45, 7) is 0.542. The Balaban J connectivity index is 1.69. The largest absolute Gasteiger partial charge is 0.371 e. The van der Waals surface area contributed by atoms with E-state index in [1.54, 1.807) is 0 Å². The summed E-state index contributed by atoms with van der Waals surface area (Å²) in [5, 5.41) is 9.34. The maximum absolute atomic E-state index is 12.1. The second-order valence-corrected chi connectivity index (χ2v) is 6.11. The van der Waals surface area contributed by atoms with E-state index < -0.39 is 11.2 Å². The predicted octanol–water partition coefficient (Wildman–Crippen LogP) is 1.41. The molecular formula is C17H22N4O3. The van der Waals surface area contributed by atoms with Gasteiger partial charge in [0.25, 0.3) is 5.56 Å². The van der Waals surface area contributed by atoms with Crippen molar-refractivity contribution in [3.8, 4) is 0 Å². The van der Waals surface area contributed by atoms with Crippen LogP contribution >= 0.6 is 0 Å². The van der Waals surface area contributed by atoms with Gasteiger partial charge in [-0.2, -0.15) is 0 Å². The quantitative estimate of drug-likeness (QED) is 0.865. The number of aromatic nitrogens is 3. The van der Waals surface area contributed by atoms with Crippen LogP contribution < -0.4 is 16.6 Å². The van der Waals surface area contributed by atoms with Crippen LogP contribution in [0.1, 0.15) is 31.2 Å². The number of H-pyrrole nitrogens is 1. The molecular weight excluding hydrogens is 308 g/mol. The lowest BCUT2D eigenvalue weighted by Gasteiger charge is -2.32. The maximum atomic E-state index is 12.1. The summed E-state index contributed by atoms with van der Waals surface area (Å²) in [4.78, 5) is 23.5. The highest BCUT2D eigenvalue weighted by Gasteiger charge is 2.27. The molecule has 2 aromatic rings. The number of benzene rings is 1. The molecule has 2 N–H and O–H groups in total. The van der Waals surface area contributed by atoms with Crippen LogP contribution in [0.3, 0.4) is 0 Å². The summed E-state index contributed by atoms with van der Waals surface area (Å²) in [6, 6.07) is 10.0. The average Bonchev–Trinajstić information content (AvgIpc) is 2.62. The predicted molar refractivity (Wildman–Crippen MR) is 91.0 cm³/mol. The zero-order valence-corrected chi connectivity index (χ0v) is 13.7. The Morgan fingerprint density at radius 3 is 2.79 bits per heavy atom. The first-order valence-corrected chi connectivity index (χ1v) is 8.23. The lowest BCUT2D eigenvalue weighted by molar-refractivity contribution is 0.00870. The monoisotopic (exact) mass is 330 g/mol. The van der Waals surface area contributed by atoms with Crippen molar-refractivity contribution in [3.63, 3.8) is 0 Å². The highest BCUT2D eigenvalue weighted by Crippen LogP contribution is 2.24. The minimum absolute atomic E-state index is 0.00793. The summed E-state index contributed by atoms with van der Waals surface area (Å²) in [7, 11) is 1.43. The van der Waals surface area contributed by atoms with Crippen molar-refractivity contribution in [1.29, 1.82) is 0 Å². The summed E-state index contributed by atoms with van der Waals surface area (Å²) in [5.74, 6) is 0.164. The molecule has 1 aliphatic rings. The van der Waals surface area contributed by atoms with E-state index in [1.165, 1.54) is 7.05 Å². The third kappa shape index (κ3) is 3.73. The van der Waals surface area contributed by atoms with Crippen LogP contribution in [0, 0.1) is 0 Å². The number of aromatic amines is 1. The van der Waals surface area contributed by atoms with E-state index in [-0.39, 0.29) is 18.0 Å². The molecule has 0 spiro atoms. The van der Waals surface area contributed by atoms with E-state index in [1.807, 2.05) is 30.3 Å². The lowest BCUT2D eigenvalue weighted by Crippen LogP contribution is -2.42. The van der Waals surface area contributed by atoms with E-state index in [4.69, 9.17) is 4.74 Å². The first-order valence-electron chi connectivity index (χ1n) is 8.23. The number of anilines is 1. The molecule has 128 valence electrons. The third-order valence-corrected chi connectivity index (χ3v) is 4.41. The van der Waals surface area contributed by atoms with E-state index in [9.17, 15) is 9.59 Å². The van der Waals surface area contributed by atoms with Gasteiger partial charge in [0.05, 0.1) is 18.8 Å². The Bertz CT molecular complexity index is 784. The fourth-order valence-corrected chi connectivity index (χ4v) is 2.99. The van der Waals surface area contributed by atoms with Crippen LogP contribution in [-0.2, 0) is 18.4 Å². The fraction of sp³-hybridized carbons (Fsp3) is 0.471. The van der Waals surface area contributed by atoms with Gasteiger partial charge in [-0.15, -0.1) is 5.10 Å². The lowest BCUT2D eigenvalue weighted by atomic mass is 9.92. The number of rotatable bonds is 5. The number of nitrogens with zero attached hydrogens (tertiary/aromatic N) is 2. The van der Waals surface area contributed by atoms with Crippen molar-refractivity contribution >= 4 is 5.82 Å². The molecule has 0 saturated heterocycles. The SMILES string of the molecule is Cn1c(=O)[nH]nc(N[C@@H]2CCCC[C@H]2OCc2ccccc2)c1=O. The van der Waals surface area contributed by atoms with Gasteiger partial charge in [-0.1, -0.05) is 43.2 Å². The molecule has 0 radical (unpaired) electrons. The van der Waals surface area contributed by atoms with Gasteiger partial charge in [-0.05, 0) is 18.4 Å². The Kier molecular flexibility index (Phi) is 5.10. The molecule has 2 atom stereocenters. The summed E-state index contributed by atoms with van der Waals surface area (Å²) in [6.07, 6.45) is 4.04. The van der Waals surface area contributed by atoms with Gasteiger partial charge in [-0.25, -0.2) is 9.89 Å². The van der Waals surface area contributed by atoms with Gasteiger partial charge in [0.15, 0.2) is 0 Å². The highest BCUT2D eigenvalue weighted by atomic mass is 16.5. The van der Waals surface area contributed by atoms with Gasteiger partial charge >= 0.3 is 5.69 Å². The van der Waals surface area contributed by atoms with Crippen molar-refractivity contribution < 1.29 is 4.74 Å². The molecule has 0 amide bonds. The standard InChI is InChI=1S/C17H22N4O3/c1-21-16(22)15(19-20-17(21)23)18-13-9-5-6-10-14(13)24-11-12-7-3-2-4-8-12/h2-4,7-8,13-14H,5-6,9-11H2,1H3,(H,18,19)(H,20,23)/t13-,14-/m1/s1. The molecule has 0 bridgehead atoms. The van der Waals surface area contributed by atoms with Crippen LogP contribution in [0.2, 0.25) is 0 Å². The van der Waals surface area contributed by atoms with Crippen LogP contribution in [-0.4, -0.2) is 26.9 Å². The number of nitrogens with one attached hydrogen (secondary N) is 2. The molecule has 7 heteroatoms. The minimum atomic E-state index is -0.522. The van der Waals surface area contributed by atoms with Crippen molar-refractivity contribution in [2.75, 3.05) is 5.32 Å².